The third kappa shape index (κ3) is 5.15. The first-order valence-corrected chi connectivity index (χ1v) is 8.84. The van der Waals surface area contributed by atoms with E-state index >= 15 is 0 Å². The number of aromatic nitrogens is 2. The van der Waals surface area contributed by atoms with Crippen LogP contribution in [0, 0.1) is 0 Å². The normalized spacial score (nSPS) is 11.7. The number of nitrogens with zero attached hydrogens (tertiary/aromatic N) is 2. The minimum Gasteiger partial charge on any atom is -0.542 e. The lowest BCUT2D eigenvalue weighted by atomic mass is 9.94. The van der Waals surface area contributed by atoms with Crippen molar-refractivity contribution in [2.45, 2.75) is 25.6 Å². The van der Waals surface area contributed by atoms with E-state index in [1.54, 1.807) is 10.7 Å². The Morgan fingerprint density at radius 2 is 1.67 bits per heavy atom. The highest BCUT2D eigenvalue weighted by Gasteiger charge is 2.28. The van der Waals surface area contributed by atoms with Crippen LogP contribution in [-0.4, -0.2) is 34.9 Å². The zero-order valence-corrected chi connectivity index (χ0v) is 16.5. The number of carboxylic acids is 1. The lowest BCUT2D eigenvalue weighted by molar-refractivity contribution is -0.705. The van der Waals surface area contributed by atoms with E-state index in [2.05, 4.69) is 43.4 Å². The Morgan fingerprint density at radius 3 is 2.13 bits per heavy atom. The highest BCUT2D eigenvalue weighted by atomic mass is 19.4. The van der Waals surface area contributed by atoms with Gasteiger partial charge in [-0.05, 0) is 32.0 Å². The largest absolute Gasteiger partial charge is 0.542 e. The Bertz CT molecular complexity index is 1060. The van der Waals surface area contributed by atoms with Crippen LogP contribution in [0.5, 0.6) is 0 Å². The summed E-state index contributed by atoms with van der Waals surface area (Å²) in [6.07, 6.45) is -3.28. The number of halogens is 3. The molecular weight excluding hydrogens is 401 g/mol. The van der Waals surface area contributed by atoms with Crippen molar-refractivity contribution in [3.63, 3.8) is 0 Å². The lowest BCUT2D eigenvalue weighted by Crippen LogP contribution is -2.89. The number of fused-ring (bicyclic) bond motifs is 1. The SMILES string of the molecule is C[NH2+]C(C)(C)c1ccc(-n2cc3cccc(C(N)=O)c3n2)cc1.O=C([O-])C(F)(F)F. The molecule has 0 aliphatic rings. The summed E-state index contributed by atoms with van der Waals surface area (Å²) >= 11 is 0. The maximum absolute atomic E-state index is 11.5. The number of amides is 1. The van der Waals surface area contributed by atoms with Crippen LogP contribution < -0.4 is 16.2 Å². The Labute approximate surface area is 170 Å². The summed E-state index contributed by atoms with van der Waals surface area (Å²) in [7, 11) is 2.07. The van der Waals surface area contributed by atoms with Gasteiger partial charge in [-0.1, -0.05) is 24.3 Å². The fraction of sp³-hybridized carbons (Fsp3) is 0.250. The average Bonchev–Trinajstić information content (AvgIpc) is 3.12. The van der Waals surface area contributed by atoms with Crippen LogP contribution in [0.4, 0.5) is 13.2 Å². The van der Waals surface area contributed by atoms with Crippen molar-refractivity contribution in [1.29, 1.82) is 0 Å². The second-order valence-corrected chi connectivity index (χ2v) is 7.02. The molecule has 0 bridgehead atoms. The van der Waals surface area contributed by atoms with Crippen LogP contribution in [0.1, 0.15) is 29.8 Å². The van der Waals surface area contributed by atoms with E-state index in [0.29, 0.717) is 11.1 Å². The molecule has 0 aliphatic heterocycles. The van der Waals surface area contributed by atoms with Crippen molar-refractivity contribution in [3.05, 3.63) is 59.8 Å². The predicted molar refractivity (Wildman–Crippen MR) is 102 cm³/mol. The quantitative estimate of drug-likeness (QED) is 0.648. The van der Waals surface area contributed by atoms with E-state index in [-0.39, 0.29) is 5.54 Å². The van der Waals surface area contributed by atoms with Gasteiger partial charge >= 0.3 is 6.18 Å². The van der Waals surface area contributed by atoms with Gasteiger partial charge in [-0.2, -0.15) is 18.3 Å². The fourth-order valence-electron chi connectivity index (χ4n) is 2.59. The van der Waals surface area contributed by atoms with Crippen molar-refractivity contribution < 1.29 is 33.2 Å². The summed E-state index contributed by atoms with van der Waals surface area (Å²) in [5, 5.41) is 16.4. The van der Waals surface area contributed by atoms with Crippen LogP contribution in [0.3, 0.4) is 0 Å². The maximum atomic E-state index is 11.5. The zero-order valence-electron chi connectivity index (χ0n) is 16.5. The minimum atomic E-state index is -5.19. The lowest BCUT2D eigenvalue weighted by Gasteiger charge is -2.21. The zero-order chi connectivity index (χ0) is 22.7. The number of nitrogens with two attached hydrogens (primary N) is 2. The Kier molecular flexibility index (Phi) is 6.51. The molecule has 3 rings (SSSR count). The molecule has 10 heteroatoms. The molecule has 0 saturated heterocycles. The van der Waals surface area contributed by atoms with Crippen LogP contribution in [-0.2, 0) is 10.3 Å². The maximum Gasteiger partial charge on any atom is 0.430 e. The summed E-state index contributed by atoms with van der Waals surface area (Å²) in [6.45, 7) is 4.37. The second kappa shape index (κ2) is 8.54. The molecule has 0 saturated carbocycles. The standard InChI is InChI=1S/C18H20N4O.C2HF3O2/c1-18(2,20-3)13-7-9-14(10-8-13)22-11-12-5-4-6-15(17(19)23)16(12)21-22;3-2(4,5)1(6)7/h4-11,20H,1-3H3,(H2,19,23);(H,6,7). The minimum absolute atomic E-state index is 0.0342. The van der Waals surface area contributed by atoms with Gasteiger partial charge in [-0.25, -0.2) is 4.68 Å². The van der Waals surface area contributed by atoms with Gasteiger partial charge in [0.15, 0.2) is 0 Å². The van der Waals surface area contributed by atoms with E-state index in [0.717, 1.165) is 11.1 Å². The highest BCUT2D eigenvalue weighted by molar-refractivity contribution is 6.04. The average molecular weight is 422 g/mol. The summed E-state index contributed by atoms with van der Waals surface area (Å²) in [5.74, 6) is -3.47. The number of carboxylic acid groups (broad SMARTS) is 1. The molecule has 2 aromatic carbocycles. The van der Waals surface area contributed by atoms with Gasteiger partial charge in [0.2, 0.25) is 0 Å². The Hall–Kier alpha value is -3.40. The van der Waals surface area contributed by atoms with E-state index in [4.69, 9.17) is 15.6 Å². The van der Waals surface area contributed by atoms with Gasteiger partial charge in [0.25, 0.3) is 5.91 Å². The van der Waals surface area contributed by atoms with Crippen molar-refractivity contribution in [1.82, 2.24) is 9.78 Å². The molecule has 1 amide bonds. The van der Waals surface area contributed by atoms with Crippen molar-refractivity contribution in [2.75, 3.05) is 7.05 Å². The molecule has 0 radical (unpaired) electrons. The number of aliphatic carboxylic acids is 1. The van der Waals surface area contributed by atoms with E-state index in [1.165, 1.54) is 5.56 Å². The van der Waals surface area contributed by atoms with Gasteiger partial charge < -0.3 is 21.0 Å². The molecule has 1 aromatic heterocycles. The molecule has 0 spiro atoms. The molecule has 30 heavy (non-hydrogen) atoms. The first-order chi connectivity index (χ1) is 13.9. The highest BCUT2D eigenvalue weighted by Crippen LogP contribution is 2.21. The number of alkyl halides is 3. The number of benzene rings is 2. The molecule has 4 N–H and O–H groups in total. The monoisotopic (exact) mass is 422 g/mol. The van der Waals surface area contributed by atoms with Gasteiger partial charge in [0, 0.05) is 17.1 Å². The summed E-state index contributed by atoms with van der Waals surface area (Å²) in [6, 6.07) is 13.7. The number of hydrogen-bond donors (Lipinski definition) is 2. The third-order valence-electron chi connectivity index (χ3n) is 4.63. The Balaban J connectivity index is 0.000000396. The van der Waals surface area contributed by atoms with Crippen molar-refractivity contribution in [3.8, 4) is 5.69 Å². The van der Waals surface area contributed by atoms with Crippen molar-refractivity contribution >= 4 is 22.8 Å². The molecule has 3 aromatic rings. The van der Waals surface area contributed by atoms with Crippen LogP contribution in [0.2, 0.25) is 0 Å². The fourth-order valence-corrected chi connectivity index (χ4v) is 2.59. The second-order valence-electron chi connectivity index (χ2n) is 7.02. The van der Waals surface area contributed by atoms with E-state index in [1.807, 2.05) is 30.5 Å². The van der Waals surface area contributed by atoms with Crippen LogP contribution in [0.15, 0.2) is 48.7 Å². The molecule has 1 heterocycles. The molecule has 0 fully saturated rings. The topological polar surface area (TPSA) is 118 Å². The first-order valence-electron chi connectivity index (χ1n) is 8.84. The predicted octanol–water partition coefficient (Wildman–Crippen LogP) is 0.851. The van der Waals surface area contributed by atoms with Crippen molar-refractivity contribution in [2.24, 2.45) is 5.73 Å². The summed E-state index contributed by atoms with van der Waals surface area (Å²) < 4.78 is 33.3. The number of rotatable bonds is 4. The number of carbonyl (C=O) groups excluding carboxylic acids is 2. The molecule has 160 valence electrons. The first kappa shape index (κ1) is 22.9. The van der Waals surface area contributed by atoms with Crippen LogP contribution in [0.25, 0.3) is 16.6 Å². The van der Waals surface area contributed by atoms with Gasteiger partial charge in [0.05, 0.1) is 18.3 Å². The molecule has 0 atom stereocenters. The molecular formula is C20H21F3N4O3. The number of carbonyl (C=O) groups is 2. The summed E-state index contributed by atoms with van der Waals surface area (Å²) in [4.78, 5) is 20.3. The Morgan fingerprint density at radius 1 is 1.10 bits per heavy atom. The van der Waals surface area contributed by atoms with Crippen LogP contribution >= 0.6 is 0 Å². The smallest absolute Gasteiger partial charge is 0.430 e. The molecule has 0 unspecified atom stereocenters. The van der Waals surface area contributed by atoms with Gasteiger partial charge in [0.1, 0.15) is 17.0 Å². The molecule has 0 aliphatic carbocycles. The summed E-state index contributed by atoms with van der Waals surface area (Å²) in [5.41, 5.74) is 8.73. The van der Waals surface area contributed by atoms with Gasteiger partial charge in [-0.3, -0.25) is 4.79 Å². The van der Waals surface area contributed by atoms with Gasteiger partial charge in [-0.15, -0.1) is 0 Å². The number of quaternary nitrogens is 1. The molecule has 7 nitrogen and oxygen atoms in total. The van der Waals surface area contributed by atoms with E-state index < -0.39 is 18.1 Å². The van der Waals surface area contributed by atoms with E-state index in [9.17, 15) is 18.0 Å². The number of hydrogen-bond acceptors (Lipinski definition) is 4. The number of primary amides is 1. The third-order valence-corrected chi connectivity index (χ3v) is 4.63.